The van der Waals surface area contributed by atoms with Crippen molar-refractivity contribution < 1.29 is 14.7 Å². The molecule has 1 heterocycles. The SMILES string of the molecule is O=C(O)CN(CCc1ccccc1)C(=O)CCn1cncn1. The number of aliphatic carboxylic acids is 1. The van der Waals surface area contributed by atoms with Gasteiger partial charge < -0.3 is 10.0 Å². The van der Waals surface area contributed by atoms with E-state index >= 15 is 0 Å². The molecule has 1 aromatic carbocycles. The second-order valence-electron chi connectivity index (χ2n) is 4.85. The summed E-state index contributed by atoms with van der Waals surface area (Å²) >= 11 is 0. The van der Waals surface area contributed by atoms with Gasteiger partial charge in [0.2, 0.25) is 5.91 Å². The Labute approximate surface area is 128 Å². The highest BCUT2D eigenvalue weighted by molar-refractivity contribution is 5.81. The molecule has 0 spiro atoms. The van der Waals surface area contributed by atoms with E-state index in [1.807, 2.05) is 30.3 Å². The molecule has 116 valence electrons. The Bertz CT molecular complexity index is 599. The number of hydrogen-bond acceptors (Lipinski definition) is 4. The molecule has 0 bridgehead atoms. The van der Waals surface area contributed by atoms with Gasteiger partial charge >= 0.3 is 5.97 Å². The summed E-state index contributed by atoms with van der Waals surface area (Å²) in [5, 5.41) is 12.9. The number of carbonyl (C=O) groups is 2. The molecule has 0 atom stereocenters. The Morgan fingerprint density at radius 1 is 1.23 bits per heavy atom. The Balaban J connectivity index is 1.89. The van der Waals surface area contributed by atoms with E-state index < -0.39 is 5.97 Å². The molecule has 0 saturated heterocycles. The average molecular weight is 302 g/mol. The van der Waals surface area contributed by atoms with Crippen LogP contribution in [0.2, 0.25) is 0 Å². The predicted octanol–water partition coefficient (Wildman–Crippen LogP) is 0.824. The van der Waals surface area contributed by atoms with Gasteiger partial charge in [-0.2, -0.15) is 5.10 Å². The van der Waals surface area contributed by atoms with Gasteiger partial charge in [0.05, 0.1) is 6.54 Å². The Hall–Kier alpha value is -2.70. The first-order chi connectivity index (χ1) is 10.6. The van der Waals surface area contributed by atoms with E-state index in [2.05, 4.69) is 10.1 Å². The highest BCUT2D eigenvalue weighted by Crippen LogP contribution is 2.04. The van der Waals surface area contributed by atoms with Gasteiger partial charge in [0.25, 0.3) is 0 Å². The fraction of sp³-hybridized carbons (Fsp3) is 0.333. The lowest BCUT2D eigenvalue weighted by molar-refractivity contribution is -0.144. The first-order valence-electron chi connectivity index (χ1n) is 7.01. The van der Waals surface area contributed by atoms with Crippen LogP contribution < -0.4 is 0 Å². The van der Waals surface area contributed by atoms with Crippen molar-refractivity contribution in [2.75, 3.05) is 13.1 Å². The lowest BCUT2D eigenvalue weighted by Crippen LogP contribution is -2.37. The lowest BCUT2D eigenvalue weighted by Gasteiger charge is -2.20. The molecule has 7 nitrogen and oxygen atoms in total. The zero-order chi connectivity index (χ0) is 15.8. The molecule has 0 aliphatic rings. The summed E-state index contributed by atoms with van der Waals surface area (Å²) in [5.74, 6) is -1.21. The van der Waals surface area contributed by atoms with Gasteiger partial charge in [0, 0.05) is 13.0 Å². The second kappa shape index (κ2) is 7.92. The molecule has 7 heteroatoms. The van der Waals surface area contributed by atoms with E-state index in [0.717, 1.165) is 5.56 Å². The normalized spacial score (nSPS) is 10.4. The molecule has 2 rings (SSSR count). The molecule has 1 N–H and O–H groups in total. The van der Waals surface area contributed by atoms with Crippen molar-refractivity contribution in [3.8, 4) is 0 Å². The third-order valence-corrected chi connectivity index (χ3v) is 3.21. The number of amides is 1. The van der Waals surface area contributed by atoms with Crippen molar-refractivity contribution in [1.29, 1.82) is 0 Å². The minimum absolute atomic E-state index is 0.200. The maximum absolute atomic E-state index is 12.2. The van der Waals surface area contributed by atoms with Crippen molar-refractivity contribution in [1.82, 2.24) is 19.7 Å². The molecule has 0 fully saturated rings. The summed E-state index contributed by atoms with van der Waals surface area (Å²) < 4.78 is 1.55. The molecule has 1 amide bonds. The summed E-state index contributed by atoms with van der Waals surface area (Å²) in [4.78, 5) is 28.3. The maximum atomic E-state index is 12.2. The molecule has 0 aliphatic heterocycles. The standard InChI is InChI=1S/C15H18N4O3/c20-14(7-9-19-12-16-11-17-19)18(10-15(21)22)8-6-13-4-2-1-3-5-13/h1-5,11-12H,6-10H2,(H,21,22). The number of aromatic nitrogens is 3. The fourth-order valence-corrected chi connectivity index (χ4v) is 2.08. The van der Waals surface area contributed by atoms with Crippen LogP contribution in [0.15, 0.2) is 43.0 Å². The van der Waals surface area contributed by atoms with Gasteiger partial charge in [-0.25, -0.2) is 4.98 Å². The number of nitrogens with zero attached hydrogens (tertiary/aromatic N) is 4. The van der Waals surface area contributed by atoms with Crippen LogP contribution in [0, 0.1) is 0 Å². The van der Waals surface area contributed by atoms with E-state index in [1.165, 1.54) is 17.6 Å². The topological polar surface area (TPSA) is 88.3 Å². The highest BCUT2D eigenvalue weighted by Gasteiger charge is 2.16. The lowest BCUT2D eigenvalue weighted by atomic mass is 10.1. The quantitative estimate of drug-likeness (QED) is 0.780. The van der Waals surface area contributed by atoms with Crippen LogP contribution in [0.5, 0.6) is 0 Å². The predicted molar refractivity (Wildman–Crippen MR) is 79.0 cm³/mol. The van der Waals surface area contributed by atoms with Crippen molar-refractivity contribution in [3.05, 3.63) is 48.5 Å². The largest absolute Gasteiger partial charge is 0.480 e. The van der Waals surface area contributed by atoms with Crippen LogP contribution in [-0.4, -0.2) is 49.7 Å². The molecular weight excluding hydrogens is 284 g/mol. The maximum Gasteiger partial charge on any atom is 0.323 e. The van der Waals surface area contributed by atoms with E-state index in [-0.39, 0.29) is 18.9 Å². The van der Waals surface area contributed by atoms with Gasteiger partial charge in [-0.15, -0.1) is 0 Å². The number of rotatable bonds is 8. The van der Waals surface area contributed by atoms with Gasteiger partial charge in [-0.1, -0.05) is 30.3 Å². The van der Waals surface area contributed by atoms with Crippen LogP contribution in [0.3, 0.4) is 0 Å². The van der Waals surface area contributed by atoms with Crippen molar-refractivity contribution >= 4 is 11.9 Å². The summed E-state index contributed by atoms with van der Waals surface area (Å²) in [6.45, 7) is 0.482. The first kappa shape index (κ1) is 15.7. The summed E-state index contributed by atoms with van der Waals surface area (Å²) in [6.07, 6.45) is 3.75. The van der Waals surface area contributed by atoms with Crippen molar-refractivity contribution in [2.24, 2.45) is 0 Å². The molecule has 0 unspecified atom stereocenters. The molecule has 22 heavy (non-hydrogen) atoms. The fourth-order valence-electron chi connectivity index (χ4n) is 2.08. The number of carboxylic acid groups (broad SMARTS) is 1. The summed E-state index contributed by atoms with van der Waals surface area (Å²) in [6, 6.07) is 9.67. The number of carbonyl (C=O) groups excluding carboxylic acids is 1. The smallest absolute Gasteiger partial charge is 0.323 e. The minimum Gasteiger partial charge on any atom is -0.480 e. The van der Waals surface area contributed by atoms with Crippen LogP contribution in [0.4, 0.5) is 0 Å². The van der Waals surface area contributed by atoms with Crippen LogP contribution >= 0.6 is 0 Å². The van der Waals surface area contributed by atoms with E-state index in [9.17, 15) is 9.59 Å². The highest BCUT2D eigenvalue weighted by atomic mass is 16.4. The van der Waals surface area contributed by atoms with Gasteiger partial charge in [0.15, 0.2) is 0 Å². The second-order valence-corrected chi connectivity index (χ2v) is 4.85. The van der Waals surface area contributed by atoms with Crippen molar-refractivity contribution in [2.45, 2.75) is 19.4 Å². The zero-order valence-corrected chi connectivity index (χ0v) is 12.1. The molecule has 0 aliphatic carbocycles. The van der Waals surface area contributed by atoms with E-state index in [0.29, 0.717) is 19.5 Å². The first-order valence-corrected chi connectivity index (χ1v) is 7.01. The van der Waals surface area contributed by atoms with E-state index in [1.54, 1.807) is 4.68 Å². The average Bonchev–Trinajstić information content (AvgIpc) is 3.03. The van der Waals surface area contributed by atoms with Crippen LogP contribution in [0.1, 0.15) is 12.0 Å². The third-order valence-electron chi connectivity index (χ3n) is 3.21. The Kier molecular flexibility index (Phi) is 5.65. The number of hydrogen-bond donors (Lipinski definition) is 1. The third kappa shape index (κ3) is 5.01. The molecule has 2 aromatic rings. The van der Waals surface area contributed by atoms with Gasteiger partial charge in [0.1, 0.15) is 19.2 Å². The molecule has 1 aromatic heterocycles. The Morgan fingerprint density at radius 2 is 2.00 bits per heavy atom. The monoisotopic (exact) mass is 302 g/mol. The van der Waals surface area contributed by atoms with Crippen LogP contribution in [-0.2, 0) is 22.6 Å². The Morgan fingerprint density at radius 3 is 2.64 bits per heavy atom. The molecular formula is C15H18N4O3. The van der Waals surface area contributed by atoms with Gasteiger partial charge in [-0.3, -0.25) is 14.3 Å². The summed E-state index contributed by atoms with van der Waals surface area (Å²) in [7, 11) is 0. The number of benzene rings is 1. The van der Waals surface area contributed by atoms with Gasteiger partial charge in [-0.05, 0) is 12.0 Å². The number of aryl methyl sites for hydroxylation is 1. The van der Waals surface area contributed by atoms with E-state index in [4.69, 9.17) is 5.11 Å². The summed E-state index contributed by atoms with van der Waals surface area (Å²) in [5.41, 5.74) is 1.07. The minimum atomic E-state index is -1.01. The number of carboxylic acids is 1. The zero-order valence-electron chi connectivity index (χ0n) is 12.1. The molecule has 0 radical (unpaired) electrons. The van der Waals surface area contributed by atoms with Crippen LogP contribution in [0.25, 0.3) is 0 Å². The van der Waals surface area contributed by atoms with Crippen molar-refractivity contribution in [3.63, 3.8) is 0 Å². The molecule has 0 saturated carbocycles.